The van der Waals surface area contributed by atoms with Crippen molar-refractivity contribution in [2.24, 2.45) is 0 Å². The average Bonchev–Trinajstić information content (AvgIpc) is 2.48. The van der Waals surface area contributed by atoms with E-state index in [4.69, 9.17) is 0 Å². The average molecular weight is 282 g/mol. The minimum absolute atomic E-state index is 0.0511. The van der Waals surface area contributed by atoms with Crippen LogP contribution < -0.4 is 10.6 Å². The Morgan fingerprint density at radius 2 is 1.75 bits per heavy atom. The van der Waals surface area contributed by atoms with Crippen LogP contribution in [0.25, 0.3) is 0 Å². The molecule has 1 unspecified atom stereocenters. The van der Waals surface area contributed by atoms with E-state index in [2.05, 4.69) is 15.5 Å². The predicted molar refractivity (Wildman–Crippen MR) is 77.3 cm³/mol. The van der Waals surface area contributed by atoms with Gasteiger partial charge in [-0.05, 0) is 26.2 Å². The van der Waals surface area contributed by atoms with Crippen LogP contribution in [0.3, 0.4) is 0 Å². The summed E-state index contributed by atoms with van der Waals surface area (Å²) >= 11 is 0. The van der Waals surface area contributed by atoms with Crippen molar-refractivity contribution in [3.8, 4) is 0 Å². The third-order valence-electron chi connectivity index (χ3n) is 3.99. The number of piperidine rings is 1. The molecule has 20 heavy (non-hydrogen) atoms. The van der Waals surface area contributed by atoms with Gasteiger partial charge in [-0.25, -0.2) is 0 Å². The molecule has 6 nitrogen and oxygen atoms in total. The summed E-state index contributed by atoms with van der Waals surface area (Å²) in [5, 5.41) is 6.09. The first-order valence-corrected chi connectivity index (χ1v) is 7.68. The molecule has 2 saturated heterocycles. The van der Waals surface area contributed by atoms with Gasteiger partial charge in [0.05, 0.1) is 6.54 Å². The van der Waals surface area contributed by atoms with Gasteiger partial charge in [-0.1, -0.05) is 0 Å². The van der Waals surface area contributed by atoms with Gasteiger partial charge in [-0.15, -0.1) is 0 Å². The number of nitrogens with one attached hydrogen (secondary N) is 2. The highest BCUT2D eigenvalue weighted by Gasteiger charge is 2.24. The molecule has 0 radical (unpaired) electrons. The van der Waals surface area contributed by atoms with Gasteiger partial charge in [0.2, 0.25) is 11.8 Å². The molecule has 2 N–H and O–H groups in total. The highest BCUT2D eigenvalue weighted by atomic mass is 16.2. The summed E-state index contributed by atoms with van der Waals surface area (Å²) in [6.45, 7) is 7.47. The van der Waals surface area contributed by atoms with Crippen molar-refractivity contribution in [1.29, 1.82) is 0 Å². The van der Waals surface area contributed by atoms with Gasteiger partial charge >= 0.3 is 0 Å². The Bertz CT molecular complexity index is 336. The van der Waals surface area contributed by atoms with Crippen molar-refractivity contribution in [3.63, 3.8) is 0 Å². The Labute approximate surface area is 120 Å². The Balaban J connectivity index is 1.73. The second-order valence-electron chi connectivity index (χ2n) is 5.70. The fourth-order valence-electron chi connectivity index (χ4n) is 2.81. The number of rotatable bonds is 4. The second-order valence-corrected chi connectivity index (χ2v) is 5.70. The molecule has 6 heteroatoms. The number of likely N-dealkylation sites (tertiary alicyclic amines) is 1. The molecule has 0 bridgehead atoms. The fourth-order valence-corrected chi connectivity index (χ4v) is 2.81. The van der Waals surface area contributed by atoms with Gasteiger partial charge in [-0.2, -0.15) is 0 Å². The molecule has 0 aromatic carbocycles. The number of piperazine rings is 1. The summed E-state index contributed by atoms with van der Waals surface area (Å²) < 4.78 is 0. The van der Waals surface area contributed by atoms with E-state index >= 15 is 0 Å². The quantitative estimate of drug-likeness (QED) is 0.723. The van der Waals surface area contributed by atoms with Gasteiger partial charge in [0.15, 0.2) is 0 Å². The molecular formula is C14H26N4O2. The zero-order valence-corrected chi connectivity index (χ0v) is 12.4. The van der Waals surface area contributed by atoms with Crippen molar-refractivity contribution in [1.82, 2.24) is 20.4 Å². The molecule has 0 aromatic rings. The summed E-state index contributed by atoms with van der Waals surface area (Å²) in [7, 11) is 0. The topological polar surface area (TPSA) is 64.7 Å². The Hall–Kier alpha value is -1.14. The highest BCUT2D eigenvalue weighted by molar-refractivity contribution is 5.88. The first-order valence-electron chi connectivity index (χ1n) is 7.68. The second kappa shape index (κ2) is 7.59. The summed E-state index contributed by atoms with van der Waals surface area (Å²) in [4.78, 5) is 28.2. The number of hydrogen-bond acceptors (Lipinski definition) is 4. The van der Waals surface area contributed by atoms with Crippen LogP contribution in [0.1, 0.15) is 26.2 Å². The van der Waals surface area contributed by atoms with Crippen LogP contribution in [0.2, 0.25) is 0 Å². The molecule has 114 valence electrons. The summed E-state index contributed by atoms with van der Waals surface area (Å²) in [6, 6.07) is -0.413. The molecule has 0 saturated carbocycles. The van der Waals surface area contributed by atoms with Crippen LogP contribution in [-0.2, 0) is 9.59 Å². The van der Waals surface area contributed by atoms with Crippen molar-refractivity contribution in [2.45, 2.75) is 32.2 Å². The number of carbonyl (C=O) groups is 2. The van der Waals surface area contributed by atoms with Crippen LogP contribution in [0.4, 0.5) is 0 Å². The van der Waals surface area contributed by atoms with Crippen LogP contribution >= 0.6 is 0 Å². The van der Waals surface area contributed by atoms with Gasteiger partial charge in [0, 0.05) is 39.3 Å². The zero-order chi connectivity index (χ0) is 14.4. The predicted octanol–water partition coefficient (Wildman–Crippen LogP) is -0.591. The number of amides is 2. The molecule has 1 atom stereocenters. The van der Waals surface area contributed by atoms with E-state index in [-0.39, 0.29) is 11.8 Å². The number of nitrogens with zero attached hydrogens (tertiary/aromatic N) is 2. The normalized spacial score (nSPS) is 22.4. The Morgan fingerprint density at radius 3 is 2.40 bits per heavy atom. The summed E-state index contributed by atoms with van der Waals surface area (Å²) in [5.41, 5.74) is 0. The van der Waals surface area contributed by atoms with Crippen molar-refractivity contribution in [3.05, 3.63) is 0 Å². The largest absolute Gasteiger partial charge is 0.343 e. The molecule has 2 heterocycles. The first-order chi connectivity index (χ1) is 9.66. The SMILES string of the molecule is CC(NC(=O)CN1CCNCC1)C(=O)N1CCCCC1. The van der Waals surface area contributed by atoms with Crippen LogP contribution in [0, 0.1) is 0 Å². The maximum absolute atomic E-state index is 12.2. The lowest BCUT2D eigenvalue weighted by Gasteiger charge is -2.30. The van der Waals surface area contributed by atoms with Crippen LogP contribution in [0.15, 0.2) is 0 Å². The third kappa shape index (κ3) is 4.45. The molecular weight excluding hydrogens is 256 g/mol. The lowest BCUT2D eigenvalue weighted by atomic mass is 10.1. The fraction of sp³-hybridized carbons (Fsp3) is 0.857. The van der Waals surface area contributed by atoms with Gasteiger partial charge < -0.3 is 15.5 Å². The highest BCUT2D eigenvalue weighted by Crippen LogP contribution is 2.09. The molecule has 2 aliphatic heterocycles. The first kappa shape index (κ1) is 15.3. The van der Waals surface area contributed by atoms with Gasteiger partial charge in [0.25, 0.3) is 0 Å². The van der Waals surface area contributed by atoms with Crippen molar-refractivity contribution in [2.75, 3.05) is 45.8 Å². The molecule has 2 amide bonds. The molecule has 0 aliphatic carbocycles. The van der Waals surface area contributed by atoms with Crippen molar-refractivity contribution >= 4 is 11.8 Å². The zero-order valence-electron chi connectivity index (χ0n) is 12.4. The maximum atomic E-state index is 12.2. The van der Waals surface area contributed by atoms with E-state index in [1.54, 1.807) is 6.92 Å². The maximum Gasteiger partial charge on any atom is 0.244 e. The lowest BCUT2D eigenvalue weighted by Crippen LogP contribution is -2.52. The smallest absolute Gasteiger partial charge is 0.244 e. The molecule has 2 aliphatic rings. The summed E-state index contributed by atoms with van der Waals surface area (Å²) in [5.74, 6) is 0.00289. The van der Waals surface area contributed by atoms with E-state index in [1.165, 1.54) is 6.42 Å². The molecule has 0 spiro atoms. The van der Waals surface area contributed by atoms with E-state index in [0.29, 0.717) is 6.54 Å². The number of carbonyl (C=O) groups excluding carboxylic acids is 2. The van der Waals surface area contributed by atoms with Gasteiger partial charge in [-0.3, -0.25) is 14.5 Å². The van der Waals surface area contributed by atoms with Gasteiger partial charge in [0.1, 0.15) is 6.04 Å². The minimum atomic E-state index is -0.413. The van der Waals surface area contributed by atoms with E-state index in [0.717, 1.165) is 52.1 Å². The van der Waals surface area contributed by atoms with E-state index in [1.807, 2.05) is 4.90 Å². The molecule has 0 aromatic heterocycles. The Kier molecular flexibility index (Phi) is 5.79. The molecule has 2 rings (SSSR count). The molecule has 2 fully saturated rings. The standard InChI is InChI=1S/C14H26N4O2/c1-12(14(20)18-7-3-2-4-8-18)16-13(19)11-17-9-5-15-6-10-17/h12,15H,2-11H2,1H3,(H,16,19). The van der Waals surface area contributed by atoms with Crippen LogP contribution in [0.5, 0.6) is 0 Å². The Morgan fingerprint density at radius 1 is 1.10 bits per heavy atom. The minimum Gasteiger partial charge on any atom is -0.343 e. The van der Waals surface area contributed by atoms with E-state index < -0.39 is 6.04 Å². The monoisotopic (exact) mass is 282 g/mol. The van der Waals surface area contributed by atoms with E-state index in [9.17, 15) is 9.59 Å². The summed E-state index contributed by atoms with van der Waals surface area (Å²) in [6.07, 6.45) is 3.36. The lowest BCUT2D eigenvalue weighted by molar-refractivity contribution is -0.137. The van der Waals surface area contributed by atoms with Crippen molar-refractivity contribution < 1.29 is 9.59 Å². The third-order valence-corrected chi connectivity index (χ3v) is 3.99. The number of hydrogen-bond donors (Lipinski definition) is 2. The van der Waals surface area contributed by atoms with Crippen LogP contribution in [-0.4, -0.2) is 73.5 Å².